The molecule has 12 heavy (non-hydrogen) atoms. The van der Waals surface area contributed by atoms with Crippen molar-refractivity contribution in [2.24, 2.45) is 0 Å². The molecule has 0 spiro atoms. The molecule has 0 aromatic heterocycles. The second-order valence-corrected chi connectivity index (χ2v) is 6.18. The summed E-state index contributed by atoms with van der Waals surface area (Å²) in [7, 11) is -9.67. The fourth-order valence-electron chi connectivity index (χ4n) is 0.648. The van der Waals surface area contributed by atoms with Crippen LogP contribution >= 0.6 is 15.2 Å². The van der Waals surface area contributed by atoms with Gasteiger partial charge in [0.05, 0.1) is 0 Å². The molecule has 0 aliphatic heterocycles. The second-order valence-electron chi connectivity index (χ2n) is 2.17. The van der Waals surface area contributed by atoms with Gasteiger partial charge in [-0.3, -0.25) is 9.13 Å². The van der Waals surface area contributed by atoms with E-state index in [2.05, 4.69) is 0 Å². The van der Waals surface area contributed by atoms with Gasteiger partial charge in [-0.2, -0.15) is 0 Å². The van der Waals surface area contributed by atoms with Gasteiger partial charge in [0, 0.05) is 6.61 Å². The minimum atomic E-state index is -4.84. The number of aliphatic hydroxyl groups is 1. The van der Waals surface area contributed by atoms with E-state index in [4.69, 9.17) is 24.7 Å². The maximum atomic E-state index is 10.5. The lowest BCUT2D eigenvalue weighted by Gasteiger charge is -2.17. The first kappa shape index (κ1) is 12.3. The smallest absolute Gasteiger partial charge is 0.340 e. The Morgan fingerprint density at radius 1 is 1.00 bits per heavy atom. The fraction of sp³-hybridized carbons (Fsp3) is 1.00. The largest absolute Gasteiger partial charge is 0.396 e. The third kappa shape index (κ3) is 3.78. The Kier molecular flexibility index (Phi) is 4.07. The molecule has 0 atom stereocenters. The van der Waals surface area contributed by atoms with E-state index in [-0.39, 0.29) is 0 Å². The van der Waals surface area contributed by atoms with Crippen LogP contribution in [0.1, 0.15) is 6.42 Å². The molecule has 0 aliphatic carbocycles. The molecule has 9 heteroatoms. The molecule has 0 rings (SSSR count). The minimum Gasteiger partial charge on any atom is -0.396 e. The van der Waals surface area contributed by atoms with Crippen molar-refractivity contribution < 1.29 is 33.8 Å². The predicted octanol–water partition coefficient (Wildman–Crippen LogP) is -0.950. The van der Waals surface area contributed by atoms with Crippen molar-refractivity contribution in [1.29, 1.82) is 0 Å². The average Bonchev–Trinajstić information content (AvgIpc) is 1.77. The number of hydrogen-bond donors (Lipinski definition) is 5. The first-order valence-electron chi connectivity index (χ1n) is 2.91. The van der Waals surface area contributed by atoms with Crippen LogP contribution in [0.25, 0.3) is 0 Å². The van der Waals surface area contributed by atoms with Crippen molar-refractivity contribution in [3.63, 3.8) is 0 Å². The van der Waals surface area contributed by atoms with Crippen LogP contribution in [-0.4, -0.2) is 36.7 Å². The summed E-state index contributed by atoms with van der Waals surface area (Å²) < 4.78 is 20.9. The molecule has 7 nitrogen and oxygen atoms in total. The van der Waals surface area contributed by atoms with Gasteiger partial charge >= 0.3 is 15.2 Å². The van der Waals surface area contributed by atoms with Crippen LogP contribution in [0, 0.1) is 0 Å². The number of rotatable bonds is 4. The van der Waals surface area contributed by atoms with Crippen molar-refractivity contribution in [1.82, 2.24) is 0 Å². The molecule has 0 heterocycles. The average molecular weight is 220 g/mol. The van der Waals surface area contributed by atoms with Crippen molar-refractivity contribution >= 4 is 15.2 Å². The SMILES string of the molecule is O=P(O)(O)C(CCO)P(=O)(O)O. The lowest BCUT2D eigenvalue weighted by atomic mass is 10.5. The maximum Gasteiger partial charge on any atom is 0.340 e. The Balaban J connectivity index is 4.70. The monoisotopic (exact) mass is 220 g/mol. The zero-order valence-electron chi connectivity index (χ0n) is 5.94. The molecular formula is C3H10O7P2. The highest BCUT2D eigenvalue weighted by Crippen LogP contribution is 2.61. The lowest BCUT2D eigenvalue weighted by molar-refractivity contribution is 0.272. The van der Waals surface area contributed by atoms with Gasteiger partial charge in [0.1, 0.15) is 0 Å². The second kappa shape index (κ2) is 3.98. The summed E-state index contributed by atoms with van der Waals surface area (Å²) >= 11 is 0. The topological polar surface area (TPSA) is 135 Å². The third-order valence-electron chi connectivity index (χ3n) is 1.16. The predicted molar refractivity (Wildman–Crippen MR) is 39.6 cm³/mol. The zero-order chi connectivity index (χ0) is 9.99. The van der Waals surface area contributed by atoms with E-state index >= 15 is 0 Å². The van der Waals surface area contributed by atoms with Crippen molar-refractivity contribution in [2.75, 3.05) is 6.61 Å². The van der Waals surface area contributed by atoms with Crippen LogP contribution in [0.2, 0.25) is 0 Å². The van der Waals surface area contributed by atoms with Gasteiger partial charge in [-0.1, -0.05) is 0 Å². The van der Waals surface area contributed by atoms with E-state index in [1.807, 2.05) is 0 Å². The van der Waals surface area contributed by atoms with Crippen LogP contribution in [-0.2, 0) is 9.13 Å². The fourth-order valence-corrected chi connectivity index (χ4v) is 3.12. The Morgan fingerprint density at radius 3 is 1.42 bits per heavy atom. The summed E-state index contributed by atoms with van der Waals surface area (Å²) in [6.07, 6.45) is -0.617. The van der Waals surface area contributed by atoms with Gasteiger partial charge in [0.2, 0.25) is 0 Å². The molecule has 0 amide bonds. The van der Waals surface area contributed by atoms with Gasteiger partial charge in [-0.25, -0.2) is 0 Å². The van der Waals surface area contributed by atoms with E-state index < -0.39 is 33.6 Å². The van der Waals surface area contributed by atoms with Crippen LogP contribution in [0.3, 0.4) is 0 Å². The Bertz CT molecular complexity index is 203. The molecule has 74 valence electrons. The van der Waals surface area contributed by atoms with Gasteiger partial charge in [-0.05, 0) is 6.42 Å². The highest BCUT2D eigenvalue weighted by molar-refractivity contribution is 7.70. The molecule has 0 bridgehead atoms. The van der Waals surface area contributed by atoms with Crippen LogP contribution in [0.5, 0.6) is 0 Å². The molecule has 0 saturated heterocycles. The lowest BCUT2D eigenvalue weighted by Crippen LogP contribution is -2.10. The van der Waals surface area contributed by atoms with Gasteiger partial charge in [0.15, 0.2) is 5.40 Å². The Labute approximate surface area is 68.4 Å². The van der Waals surface area contributed by atoms with E-state index in [1.165, 1.54) is 0 Å². The van der Waals surface area contributed by atoms with E-state index in [0.717, 1.165) is 0 Å². The summed E-state index contributed by atoms with van der Waals surface area (Å²) in [4.78, 5) is 33.8. The number of aliphatic hydroxyl groups excluding tert-OH is 1. The van der Waals surface area contributed by atoms with Gasteiger partial charge < -0.3 is 24.7 Å². The normalized spacial score (nSPS) is 13.8. The summed E-state index contributed by atoms with van der Waals surface area (Å²) in [6, 6.07) is 0. The molecule has 0 radical (unpaired) electrons. The van der Waals surface area contributed by atoms with Crippen molar-refractivity contribution in [3.8, 4) is 0 Å². The van der Waals surface area contributed by atoms with Crippen LogP contribution < -0.4 is 0 Å². The van der Waals surface area contributed by atoms with E-state index in [0.29, 0.717) is 0 Å². The molecule has 5 N–H and O–H groups in total. The van der Waals surface area contributed by atoms with Crippen LogP contribution in [0.4, 0.5) is 0 Å². The Hall–Kier alpha value is 0.260. The number of hydrogen-bond acceptors (Lipinski definition) is 3. The quantitative estimate of drug-likeness (QED) is 0.385. The van der Waals surface area contributed by atoms with Gasteiger partial charge in [-0.15, -0.1) is 0 Å². The third-order valence-corrected chi connectivity index (χ3v) is 5.04. The highest BCUT2D eigenvalue weighted by Gasteiger charge is 2.42. The summed E-state index contributed by atoms with van der Waals surface area (Å²) in [5.74, 6) is 0. The maximum absolute atomic E-state index is 10.5. The zero-order valence-corrected chi connectivity index (χ0v) is 7.73. The first-order chi connectivity index (χ1) is 5.19. The van der Waals surface area contributed by atoms with E-state index in [9.17, 15) is 9.13 Å². The Morgan fingerprint density at radius 2 is 1.33 bits per heavy atom. The van der Waals surface area contributed by atoms with Crippen molar-refractivity contribution in [2.45, 2.75) is 11.8 Å². The summed E-state index contributed by atoms with van der Waals surface area (Å²) in [5, 5.41) is 6.19. The van der Waals surface area contributed by atoms with Gasteiger partial charge in [0.25, 0.3) is 0 Å². The highest BCUT2D eigenvalue weighted by atomic mass is 31.2. The molecule has 0 unspecified atom stereocenters. The minimum absolute atomic E-state index is 0.617. The van der Waals surface area contributed by atoms with Crippen molar-refractivity contribution in [3.05, 3.63) is 0 Å². The molecule has 0 saturated carbocycles. The first-order valence-corrected chi connectivity index (χ1v) is 6.27. The van der Waals surface area contributed by atoms with E-state index in [1.54, 1.807) is 0 Å². The standard InChI is InChI=1S/C3H10O7P2/c4-2-1-3(11(5,6)7)12(8,9)10/h3-4H,1-2H2,(H2,5,6,7)(H2,8,9,10). The molecule has 0 aliphatic rings. The molecule has 0 aromatic carbocycles. The van der Waals surface area contributed by atoms with Crippen LogP contribution in [0.15, 0.2) is 0 Å². The molecule has 0 fully saturated rings. The molecular weight excluding hydrogens is 210 g/mol. The summed E-state index contributed by atoms with van der Waals surface area (Å²) in [5.41, 5.74) is 0. The summed E-state index contributed by atoms with van der Waals surface area (Å²) in [6.45, 7) is -0.680. The molecule has 0 aromatic rings.